The molecule has 0 saturated carbocycles. The molecule has 1 N–H and O–H groups in total. The molecule has 4 rings (SSSR count). The molecule has 2 aromatic heterocycles. The summed E-state index contributed by atoms with van der Waals surface area (Å²) in [5.41, 5.74) is 2.55. The van der Waals surface area contributed by atoms with Gasteiger partial charge in [-0.25, -0.2) is 9.97 Å². The van der Waals surface area contributed by atoms with Crippen LogP contribution >= 0.6 is 11.6 Å². The molecule has 0 spiro atoms. The molecular formula is C21H24ClN5O2. The Morgan fingerprint density at radius 2 is 2.00 bits per heavy atom. The molecule has 0 bridgehead atoms. The standard InChI is InChI=1S/C21H24ClN5O2/c1-12(2)26(13(3)4)10-14-8-24-21(29-14)19-17-9-23-20(28)18-15(22)6-5-7-16(18)27(17)11-25-19/h5-8,11-13H,9-10H2,1-4H3,(H,23,28). The van der Waals surface area contributed by atoms with E-state index < -0.39 is 0 Å². The van der Waals surface area contributed by atoms with Gasteiger partial charge in [0, 0.05) is 12.1 Å². The maximum Gasteiger partial charge on any atom is 0.255 e. The number of rotatable bonds is 5. The first-order valence-corrected chi connectivity index (χ1v) is 10.1. The number of hydrogen-bond acceptors (Lipinski definition) is 5. The molecule has 7 nitrogen and oxygen atoms in total. The van der Waals surface area contributed by atoms with E-state index >= 15 is 0 Å². The summed E-state index contributed by atoms with van der Waals surface area (Å²) in [6.07, 6.45) is 3.43. The minimum Gasteiger partial charge on any atom is -0.438 e. The van der Waals surface area contributed by atoms with Crippen molar-refractivity contribution < 1.29 is 9.21 Å². The van der Waals surface area contributed by atoms with Gasteiger partial charge in [0.05, 0.1) is 41.3 Å². The second kappa shape index (κ2) is 7.65. The Bertz CT molecular complexity index is 1050. The Hall–Kier alpha value is -2.64. The Morgan fingerprint density at radius 3 is 2.72 bits per heavy atom. The molecule has 0 atom stereocenters. The molecule has 8 heteroatoms. The van der Waals surface area contributed by atoms with Gasteiger partial charge in [0.2, 0.25) is 5.89 Å². The molecule has 29 heavy (non-hydrogen) atoms. The first-order valence-electron chi connectivity index (χ1n) is 9.71. The van der Waals surface area contributed by atoms with Gasteiger partial charge in [0.15, 0.2) is 0 Å². The van der Waals surface area contributed by atoms with Gasteiger partial charge >= 0.3 is 0 Å². The predicted molar refractivity (Wildman–Crippen MR) is 111 cm³/mol. The van der Waals surface area contributed by atoms with Crippen molar-refractivity contribution in [2.75, 3.05) is 0 Å². The molecule has 1 aliphatic heterocycles. The monoisotopic (exact) mass is 413 g/mol. The summed E-state index contributed by atoms with van der Waals surface area (Å²) in [6, 6.07) is 6.16. The molecule has 1 amide bonds. The van der Waals surface area contributed by atoms with Crippen LogP contribution in [-0.2, 0) is 13.1 Å². The van der Waals surface area contributed by atoms with E-state index in [2.05, 4.69) is 47.9 Å². The van der Waals surface area contributed by atoms with Crippen molar-refractivity contribution in [3.8, 4) is 17.3 Å². The van der Waals surface area contributed by atoms with Crippen LogP contribution in [-0.4, -0.2) is 37.4 Å². The lowest BCUT2D eigenvalue weighted by Gasteiger charge is -2.29. The van der Waals surface area contributed by atoms with E-state index in [1.54, 1.807) is 18.6 Å². The van der Waals surface area contributed by atoms with Crippen molar-refractivity contribution in [2.45, 2.75) is 52.9 Å². The molecule has 3 heterocycles. The number of hydrogen-bond donors (Lipinski definition) is 1. The van der Waals surface area contributed by atoms with Crippen LogP contribution in [0.25, 0.3) is 17.3 Å². The number of carbonyl (C=O) groups excluding carboxylic acids is 1. The number of amides is 1. The third-order valence-electron chi connectivity index (χ3n) is 5.18. The van der Waals surface area contributed by atoms with E-state index in [0.717, 1.165) is 11.5 Å². The van der Waals surface area contributed by atoms with Crippen LogP contribution in [0.4, 0.5) is 0 Å². The maximum absolute atomic E-state index is 12.5. The first-order chi connectivity index (χ1) is 13.9. The van der Waals surface area contributed by atoms with E-state index in [1.807, 2.05) is 16.7 Å². The zero-order chi connectivity index (χ0) is 20.7. The van der Waals surface area contributed by atoms with Crippen molar-refractivity contribution >= 4 is 17.5 Å². The second-order valence-electron chi connectivity index (χ2n) is 7.72. The Morgan fingerprint density at radius 1 is 1.24 bits per heavy atom. The molecule has 152 valence electrons. The van der Waals surface area contributed by atoms with Crippen LogP contribution in [0, 0.1) is 0 Å². The van der Waals surface area contributed by atoms with Crippen LogP contribution in [0.2, 0.25) is 5.02 Å². The fourth-order valence-corrected chi connectivity index (χ4v) is 4.01. The molecule has 1 aliphatic rings. The highest BCUT2D eigenvalue weighted by molar-refractivity contribution is 6.34. The summed E-state index contributed by atoms with van der Waals surface area (Å²) in [5, 5.41) is 3.31. The van der Waals surface area contributed by atoms with Crippen LogP contribution in [0.15, 0.2) is 35.1 Å². The number of nitrogens with one attached hydrogen (secondary N) is 1. The number of oxazole rings is 1. The number of halogens is 1. The first kappa shape index (κ1) is 19.7. The van der Waals surface area contributed by atoms with E-state index in [9.17, 15) is 4.79 Å². The van der Waals surface area contributed by atoms with E-state index in [4.69, 9.17) is 16.0 Å². The molecular weight excluding hydrogens is 390 g/mol. The highest BCUT2D eigenvalue weighted by atomic mass is 35.5. The summed E-state index contributed by atoms with van der Waals surface area (Å²) in [7, 11) is 0. The summed E-state index contributed by atoms with van der Waals surface area (Å²) in [4.78, 5) is 23.8. The lowest BCUT2D eigenvalue weighted by molar-refractivity contribution is 0.0953. The Kier molecular flexibility index (Phi) is 5.19. The van der Waals surface area contributed by atoms with Crippen LogP contribution < -0.4 is 5.32 Å². The molecule has 0 saturated heterocycles. The predicted octanol–water partition coefficient (Wildman–Crippen LogP) is 4.04. The van der Waals surface area contributed by atoms with Crippen molar-refractivity contribution in [3.05, 3.63) is 52.8 Å². The number of benzene rings is 1. The second-order valence-corrected chi connectivity index (χ2v) is 8.13. The topological polar surface area (TPSA) is 76.2 Å². The average molecular weight is 414 g/mol. The van der Waals surface area contributed by atoms with Crippen molar-refractivity contribution in [1.82, 2.24) is 24.8 Å². The summed E-state index contributed by atoms with van der Waals surface area (Å²) >= 11 is 6.27. The smallest absolute Gasteiger partial charge is 0.255 e. The highest BCUT2D eigenvalue weighted by Gasteiger charge is 2.27. The Balaban J connectivity index is 1.70. The molecule has 0 radical (unpaired) electrons. The normalized spacial score (nSPS) is 13.6. The van der Waals surface area contributed by atoms with Gasteiger partial charge in [-0.15, -0.1) is 0 Å². The zero-order valence-electron chi connectivity index (χ0n) is 16.9. The minimum atomic E-state index is -0.210. The number of imidazole rings is 1. The quantitative estimate of drug-likeness (QED) is 0.683. The third kappa shape index (κ3) is 3.56. The lowest BCUT2D eigenvalue weighted by Crippen LogP contribution is -2.36. The number of nitrogens with zero attached hydrogens (tertiary/aromatic N) is 4. The van der Waals surface area contributed by atoms with Gasteiger partial charge in [0.25, 0.3) is 5.91 Å². The van der Waals surface area contributed by atoms with Crippen molar-refractivity contribution in [3.63, 3.8) is 0 Å². The third-order valence-corrected chi connectivity index (χ3v) is 5.50. The highest BCUT2D eigenvalue weighted by Crippen LogP contribution is 2.31. The summed E-state index contributed by atoms with van der Waals surface area (Å²) in [5.74, 6) is 1.02. The van der Waals surface area contributed by atoms with Gasteiger partial charge in [-0.1, -0.05) is 17.7 Å². The van der Waals surface area contributed by atoms with Crippen molar-refractivity contribution in [1.29, 1.82) is 0 Å². The number of aromatic nitrogens is 3. The zero-order valence-corrected chi connectivity index (χ0v) is 17.7. The van der Waals surface area contributed by atoms with E-state index in [1.165, 1.54) is 0 Å². The van der Waals surface area contributed by atoms with Gasteiger partial charge in [0.1, 0.15) is 17.8 Å². The van der Waals surface area contributed by atoms with Gasteiger partial charge in [-0.3, -0.25) is 14.3 Å². The van der Waals surface area contributed by atoms with Crippen LogP contribution in [0.3, 0.4) is 0 Å². The SMILES string of the molecule is CC(C)N(Cc1cnc(-c2ncn3c2CNC(=O)c2c(Cl)cccc2-3)o1)C(C)C. The lowest BCUT2D eigenvalue weighted by atomic mass is 10.1. The largest absolute Gasteiger partial charge is 0.438 e. The van der Waals surface area contributed by atoms with Gasteiger partial charge < -0.3 is 9.73 Å². The molecule has 0 aliphatic carbocycles. The van der Waals surface area contributed by atoms with Crippen molar-refractivity contribution in [2.24, 2.45) is 0 Å². The average Bonchev–Trinajstić information content (AvgIpc) is 3.26. The maximum atomic E-state index is 12.5. The van der Waals surface area contributed by atoms with Gasteiger partial charge in [-0.05, 0) is 39.8 Å². The van der Waals surface area contributed by atoms with E-state index in [-0.39, 0.29) is 5.91 Å². The number of carbonyl (C=O) groups is 1. The Labute approximate surface area is 174 Å². The molecule has 3 aromatic rings. The fraction of sp³-hybridized carbons (Fsp3) is 0.381. The molecule has 1 aromatic carbocycles. The summed E-state index contributed by atoms with van der Waals surface area (Å²) < 4.78 is 7.90. The van der Waals surface area contributed by atoms with E-state index in [0.29, 0.717) is 53.0 Å². The van der Waals surface area contributed by atoms with Gasteiger partial charge in [-0.2, -0.15) is 0 Å². The summed E-state index contributed by atoms with van der Waals surface area (Å²) in [6.45, 7) is 9.64. The number of fused-ring (bicyclic) bond motifs is 3. The van der Waals surface area contributed by atoms with Crippen LogP contribution in [0.1, 0.15) is 49.5 Å². The minimum absolute atomic E-state index is 0.210. The fourth-order valence-electron chi connectivity index (χ4n) is 3.75. The molecule has 0 unspecified atom stereocenters. The molecule has 0 fully saturated rings. The van der Waals surface area contributed by atoms with Crippen LogP contribution in [0.5, 0.6) is 0 Å².